The van der Waals surface area contributed by atoms with Crippen molar-refractivity contribution in [2.75, 3.05) is 25.0 Å². The largest absolute Gasteiger partial charge is 0.455 e. The first-order valence-electron chi connectivity index (χ1n) is 11.0. The molecule has 2 amide bonds. The average molecular weight is 435 g/mol. The Labute approximate surface area is 189 Å². The van der Waals surface area contributed by atoms with Crippen LogP contribution in [0.5, 0.6) is 0 Å². The van der Waals surface area contributed by atoms with Crippen LogP contribution in [0.15, 0.2) is 54.6 Å². The standard InChI is InChI=1S/C26H30N2O4/c1-3-21-11-7-8-19(2)25(21)27-23(29)18-32-26(31)22-14-16-28(17-15-22)24(30)13-12-20-9-5-4-6-10-20/h4-13,22H,3,14-18H2,1-2H3,(H,27,29)/b13-12+. The van der Waals surface area contributed by atoms with Crippen molar-refractivity contribution in [1.82, 2.24) is 4.90 Å². The Morgan fingerprint density at radius 1 is 1.06 bits per heavy atom. The van der Waals surface area contributed by atoms with Gasteiger partial charge in [0.2, 0.25) is 5.91 Å². The molecule has 3 rings (SSSR count). The van der Waals surface area contributed by atoms with Crippen LogP contribution in [-0.2, 0) is 25.5 Å². The third kappa shape index (κ3) is 6.30. The second-order valence-corrected chi connectivity index (χ2v) is 7.96. The lowest BCUT2D eigenvalue weighted by Crippen LogP contribution is -2.40. The maximum Gasteiger partial charge on any atom is 0.309 e. The van der Waals surface area contributed by atoms with E-state index in [1.807, 2.05) is 62.4 Å². The molecule has 0 bridgehead atoms. The molecule has 2 aromatic carbocycles. The lowest BCUT2D eigenvalue weighted by molar-refractivity contribution is -0.153. The van der Waals surface area contributed by atoms with E-state index >= 15 is 0 Å². The first-order chi connectivity index (χ1) is 15.5. The van der Waals surface area contributed by atoms with Crippen molar-refractivity contribution in [3.63, 3.8) is 0 Å². The van der Waals surface area contributed by atoms with Crippen LogP contribution in [0.25, 0.3) is 6.08 Å². The summed E-state index contributed by atoms with van der Waals surface area (Å²) in [6.45, 7) is 4.64. The number of hydrogen-bond donors (Lipinski definition) is 1. The van der Waals surface area contributed by atoms with Gasteiger partial charge in [0.05, 0.1) is 5.92 Å². The first-order valence-corrected chi connectivity index (χ1v) is 11.0. The highest BCUT2D eigenvalue weighted by Gasteiger charge is 2.28. The van der Waals surface area contributed by atoms with Crippen LogP contribution in [-0.4, -0.2) is 42.4 Å². The predicted molar refractivity (Wildman–Crippen MR) is 125 cm³/mol. The van der Waals surface area contributed by atoms with Crippen molar-refractivity contribution in [3.8, 4) is 0 Å². The summed E-state index contributed by atoms with van der Waals surface area (Å²) in [4.78, 5) is 38.8. The van der Waals surface area contributed by atoms with E-state index in [-0.39, 0.29) is 30.3 Å². The molecule has 0 unspecified atom stereocenters. The Hall–Kier alpha value is -3.41. The van der Waals surface area contributed by atoms with Gasteiger partial charge in [-0.15, -0.1) is 0 Å². The van der Waals surface area contributed by atoms with Crippen LogP contribution in [0.2, 0.25) is 0 Å². The van der Waals surface area contributed by atoms with Crippen LogP contribution in [0.1, 0.15) is 36.5 Å². The summed E-state index contributed by atoms with van der Waals surface area (Å²) < 4.78 is 5.26. The van der Waals surface area contributed by atoms with Crippen LogP contribution in [0.4, 0.5) is 5.69 Å². The smallest absolute Gasteiger partial charge is 0.309 e. The molecular weight excluding hydrogens is 404 g/mol. The maximum absolute atomic E-state index is 12.4. The van der Waals surface area contributed by atoms with Gasteiger partial charge in [-0.2, -0.15) is 0 Å². The minimum absolute atomic E-state index is 0.0648. The normalized spacial score (nSPS) is 14.4. The van der Waals surface area contributed by atoms with Crippen molar-refractivity contribution < 1.29 is 19.1 Å². The highest BCUT2D eigenvalue weighted by Crippen LogP contribution is 2.22. The number of benzene rings is 2. The zero-order chi connectivity index (χ0) is 22.9. The summed E-state index contributed by atoms with van der Waals surface area (Å²) >= 11 is 0. The molecule has 2 aromatic rings. The van der Waals surface area contributed by atoms with Crippen molar-refractivity contribution in [3.05, 3.63) is 71.3 Å². The third-order valence-electron chi connectivity index (χ3n) is 5.71. The summed E-state index contributed by atoms with van der Waals surface area (Å²) in [6.07, 6.45) is 5.22. The number of nitrogens with one attached hydrogen (secondary N) is 1. The molecular formula is C26H30N2O4. The van der Waals surface area contributed by atoms with Crippen molar-refractivity contribution in [1.29, 1.82) is 0 Å². The molecule has 1 saturated heterocycles. The number of carbonyl (C=O) groups is 3. The highest BCUT2D eigenvalue weighted by atomic mass is 16.5. The maximum atomic E-state index is 12.4. The fourth-order valence-corrected chi connectivity index (χ4v) is 3.80. The van der Waals surface area contributed by atoms with Crippen molar-refractivity contribution in [2.24, 2.45) is 5.92 Å². The van der Waals surface area contributed by atoms with Gasteiger partial charge >= 0.3 is 5.97 Å². The molecule has 1 N–H and O–H groups in total. The molecule has 168 valence electrons. The number of likely N-dealkylation sites (tertiary alicyclic amines) is 1. The van der Waals surface area contributed by atoms with Gasteiger partial charge in [0, 0.05) is 24.9 Å². The molecule has 0 radical (unpaired) electrons. The number of ether oxygens (including phenoxy) is 1. The van der Waals surface area contributed by atoms with E-state index in [0.29, 0.717) is 25.9 Å². The fraction of sp³-hybridized carbons (Fsp3) is 0.346. The molecule has 6 nitrogen and oxygen atoms in total. The second kappa shape index (κ2) is 11.3. The lowest BCUT2D eigenvalue weighted by Gasteiger charge is -2.30. The fourth-order valence-electron chi connectivity index (χ4n) is 3.80. The van der Waals surface area contributed by atoms with Gasteiger partial charge in [-0.05, 0) is 49.0 Å². The number of amides is 2. The molecule has 1 aliphatic heterocycles. The van der Waals surface area contributed by atoms with Crippen LogP contribution < -0.4 is 5.32 Å². The summed E-state index contributed by atoms with van der Waals surface area (Å²) in [7, 11) is 0. The van der Waals surface area contributed by atoms with Gasteiger partial charge in [0.1, 0.15) is 0 Å². The van der Waals surface area contributed by atoms with Gasteiger partial charge < -0.3 is 15.0 Å². The Balaban J connectivity index is 1.43. The molecule has 0 spiro atoms. The highest BCUT2D eigenvalue weighted by molar-refractivity contribution is 5.94. The number of rotatable bonds is 7. The van der Waals surface area contributed by atoms with Gasteiger partial charge in [-0.1, -0.05) is 55.5 Å². The topological polar surface area (TPSA) is 75.7 Å². The summed E-state index contributed by atoms with van der Waals surface area (Å²) in [5.74, 6) is -1.09. The number of piperidine rings is 1. The molecule has 6 heteroatoms. The van der Waals surface area contributed by atoms with E-state index in [2.05, 4.69) is 5.32 Å². The number of esters is 1. The number of carbonyl (C=O) groups excluding carboxylic acids is 3. The average Bonchev–Trinajstić information content (AvgIpc) is 2.83. The molecule has 0 saturated carbocycles. The molecule has 1 fully saturated rings. The Kier molecular flexibility index (Phi) is 8.20. The number of para-hydroxylation sites is 1. The minimum atomic E-state index is -0.382. The van der Waals surface area contributed by atoms with E-state index in [1.165, 1.54) is 0 Å². The van der Waals surface area contributed by atoms with Gasteiger partial charge in [0.15, 0.2) is 6.61 Å². The van der Waals surface area contributed by atoms with Crippen molar-refractivity contribution in [2.45, 2.75) is 33.1 Å². The summed E-state index contributed by atoms with van der Waals surface area (Å²) in [5.41, 5.74) is 3.77. The van der Waals surface area contributed by atoms with Crippen LogP contribution in [0, 0.1) is 12.8 Å². The van der Waals surface area contributed by atoms with Gasteiger partial charge in [-0.25, -0.2) is 0 Å². The lowest BCUT2D eigenvalue weighted by atomic mass is 9.97. The Bertz CT molecular complexity index is 977. The van der Waals surface area contributed by atoms with Crippen LogP contribution >= 0.6 is 0 Å². The van der Waals surface area contributed by atoms with E-state index < -0.39 is 0 Å². The second-order valence-electron chi connectivity index (χ2n) is 7.96. The SMILES string of the molecule is CCc1cccc(C)c1NC(=O)COC(=O)C1CCN(C(=O)/C=C/c2ccccc2)CC1. The predicted octanol–water partition coefficient (Wildman–Crippen LogP) is 3.99. The summed E-state index contributed by atoms with van der Waals surface area (Å²) in [6, 6.07) is 15.5. The van der Waals surface area contributed by atoms with E-state index in [4.69, 9.17) is 4.74 Å². The minimum Gasteiger partial charge on any atom is -0.455 e. The number of aryl methyl sites for hydroxylation is 2. The molecule has 0 atom stereocenters. The molecule has 0 aromatic heterocycles. The van der Waals surface area contributed by atoms with Gasteiger partial charge in [0.25, 0.3) is 5.91 Å². The molecule has 1 aliphatic rings. The monoisotopic (exact) mass is 434 g/mol. The van der Waals surface area contributed by atoms with Crippen molar-refractivity contribution >= 4 is 29.5 Å². The zero-order valence-corrected chi connectivity index (χ0v) is 18.7. The molecule has 32 heavy (non-hydrogen) atoms. The van der Waals surface area contributed by atoms with E-state index in [9.17, 15) is 14.4 Å². The number of anilines is 1. The van der Waals surface area contributed by atoms with E-state index in [0.717, 1.165) is 28.8 Å². The first kappa shape index (κ1) is 23.3. The Morgan fingerprint density at radius 2 is 1.78 bits per heavy atom. The quantitative estimate of drug-likeness (QED) is 0.528. The van der Waals surface area contributed by atoms with E-state index in [1.54, 1.807) is 17.1 Å². The zero-order valence-electron chi connectivity index (χ0n) is 18.7. The number of hydrogen-bond acceptors (Lipinski definition) is 4. The van der Waals surface area contributed by atoms with Gasteiger partial charge in [-0.3, -0.25) is 14.4 Å². The van der Waals surface area contributed by atoms with Crippen LogP contribution in [0.3, 0.4) is 0 Å². The molecule has 1 heterocycles. The third-order valence-corrected chi connectivity index (χ3v) is 5.71. The Morgan fingerprint density at radius 3 is 2.47 bits per heavy atom. The summed E-state index contributed by atoms with van der Waals surface area (Å²) in [5, 5.41) is 2.86. The number of nitrogens with zero attached hydrogens (tertiary/aromatic N) is 1. The molecule has 0 aliphatic carbocycles.